The molecule has 0 aliphatic rings. The van der Waals surface area contributed by atoms with Gasteiger partial charge in [-0.3, -0.25) is 9.59 Å². The molecule has 2 rings (SSSR count). The summed E-state index contributed by atoms with van der Waals surface area (Å²) >= 11 is 1.46. The second kappa shape index (κ2) is 7.78. The lowest BCUT2D eigenvalue weighted by Gasteiger charge is -2.16. The van der Waals surface area contributed by atoms with Gasteiger partial charge in [-0.05, 0) is 35.6 Å². The molecule has 23 heavy (non-hydrogen) atoms. The lowest BCUT2D eigenvalue weighted by Crippen LogP contribution is -2.37. The molecule has 0 aliphatic heterocycles. The van der Waals surface area contributed by atoms with Crippen LogP contribution in [0.5, 0.6) is 0 Å². The first kappa shape index (κ1) is 17.0. The van der Waals surface area contributed by atoms with Crippen molar-refractivity contribution < 1.29 is 14.0 Å². The number of primary amides is 1. The molecule has 0 heterocycles. The van der Waals surface area contributed by atoms with Crippen molar-refractivity contribution in [2.24, 2.45) is 5.73 Å². The van der Waals surface area contributed by atoms with E-state index in [0.717, 1.165) is 0 Å². The number of carbonyl (C=O) groups excluding carboxylic acids is 2. The molecule has 0 saturated carbocycles. The Bertz CT molecular complexity index is 707. The van der Waals surface area contributed by atoms with Crippen molar-refractivity contribution in [2.45, 2.75) is 11.8 Å². The third kappa shape index (κ3) is 4.32. The van der Waals surface area contributed by atoms with Gasteiger partial charge in [-0.25, -0.2) is 4.39 Å². The number of rotatable bonds is 6. The van der Waals surface area contributed by atoms with Crippen molar-refractivity contribution in [3.8, 4) is 0 Å². The number of nitrogens with one attached hydrogen (secondary N) is 1. The first-order chi connectivity index (χ1) is 11.0. The number of carbonyl (C=O) groups is 2. The molecule has 0 saturated heterocycles. The summed E-state index contributed by atoms with van der Waals surface area (Å²) in [5, 5.41) is 2.60. The van der Waals surface area contributed by atoms with E-state index in [2.05, 4.69) is 5.32 Å². The number of hydrogen-bond acceptors (Lipinski definition) is 3. The smallest absolute Gasteiger partial charge is 0.252 e. The van der Waals surface area contributed by atoms with E-state index in [0.29, 0.717) is 16.9 Å². The van der Waals surface area contributed by atoms with Crippen LogP contribution in [-0.2, 0) is 10.5 Å². The second-order valence-electron chi connectivity index (χ2n) is 4.96. The van der Waals surface area contributed by atoms with Gasteiger partial charge in [0.1, 0.15) is 11.9 Å². The van der Waals surface area contributed by atoms with Gasteiger partial charge in [0.2, 0.25) is 5.91 Å². The summed E-state index contributed by atoms with van der Waals surface area (Å²) in [5.74, 6) is -1.02. The number of amides is 2. The van der Waals surface area contributed by atoms with Crippen molar-refractivity contribution in [3.63, 3.8) is 0 Å². The summed E-state index contributed by atoms with van der Waals surface area (Å²) in [6, 6.07) is 11.9. The molecule has 1 atom stereocenters. The largest absolute Gasteiger partial charge is 0.368 e. The average Bonchev–Trinajstić information content (AvgIpc) is 2.55. The van der Waals surface area contributed by atoms with E-state index in [4.69, 9.17) is 5.73 Å². The fourth-order valence-corrected chi connectivity index (χ4v) is 2.69. The summed E-state index contributed by atoms with van der Waals surface area (Å²) in [7, 11) is 0. The number of halogens is 1. The molecule has 6 heteroatoms. The Labute approximate surface area is 138 Å². The Hall–Kier alpha value is -2.34. The van der Waals surface area contributed by atoms with Crippen LogP contribution in [0.15, 0.2) is 48.5 Å². The first-order valence-corrected chi connectivity index (χ1v) is 8.34. The fourth-order valence-electron chi connectivity index (χ4n) is 2.16. The normalized spacial score (nSPS) is 11.7. The van der Waals surface area contributed by atoms with Gasteiger partial charge in [-0.2, -0.15) is 11.8 Å². The Balaban J connectivity index is 2.23. The quantitative estimate of drug-likeness (QED) is 0.854. The van der Waals surface area contributed by atoms with Crippen LogP contribution in [0.4, 0.5) is 4.39 Å². The van der Waals surface area contributed by atoms with E-state index in [9.17, 15) is 14.0 Å². The molecule has 0 aliphatic carbocycles. The average molecular weight is 332 g/mol. The minimum Gasteiger partial charge on any atom is -0.368 e. The Morgan fingerprint density at radius 3 is 2.52 bits per heavy atom. The highest BCUT2D eigenvalue weighted by Gasteiger charge is 2.21. The Morgan fingerprint density at radius 2 is 1.91 bits per heavy atom. The molecule has 2 aromatic carbocycles. The van der Waals surface area contributed by atoms with Gasteiger partial charge >= 0.3 is 0 Å². The predicted molar refractivity (Wildman–Crippen MR) is 89.5 cm³/mol. The zero-order valence-electron chi connectivity index (χ0n) is 12.6. The Morgan fingerprint density at radius 1 is 1.22 bits per heavy atom. The molecule has 2 aromatic rings. The molecule has 0 radical (unpaired) electrons. The number of benzene rings is 2. The van der Waals surface area contributed by atoms with E-state index in [1.807, 2.05) is 6.26 Å². The molecule has 0 spiro atoms. The molecule has 2 amide bonds. The maximum atomic E-state index is 13.7. The zero-order valence-corrected chi connectivity index (χ0v) is 13.4. The molecule has 0 aromatic heterocycles. The van der Waals surface area contributed by atoms with E-state index >= 15 is 0 Å². The van der Waals surface area contributed by atoms with Gasteiger partial charge in [0.05, 0.1) is 0 Å². The lowest BCUT2D eigenvalue weighted by atomic mass is 10.1. The summed E-state index contributed by atoms with van der Waals surface area (Å²) < 4.78 is 13.7. The van der Waals surface area contributed by atoms with Crippen LogP contribution in [0.1, 0.15) is 27.5 Å². The minimum absolute atomic E-state index is 0.289. The summed E-state index contributed by atoms with van der Waals surface area (Å²) in [5.41, 5.74) is 6.71. The predicted octanol–water partition coefficient (Wildman–Crippen LogP) is 2.65. The van der Waals surface area contributed by atoms with Gasteiger partial charge < -0.3 is 11.1 Å². The van der Waals surface area contributed by atoms with Crippen LogP contribution in [-0.4, -0.2) is 18.1 Å². The van der Waals surface area contributed by atoms with E-state index in [1.54, 1.807) is 30.3 Å². The van der Waals surface area contributed by atoms with Crippen molar-refractivity contribution in [1.82, 2.24) is 5.32 Å². The van der Waals surface area contributed by atoms with Crippen LogP contribution in [0.3, 0.4) is 0 Å². The molecule has 4 nitrogen and oxygen atoms in total. The van der Waals surface area contributed by atoms with Gasteiger partial charge in [-0.1, -0.05) is 30.3 Å². The molecule has 120 valence electrons. The first-order valence-electron chi connectivity index (χ1n) is 6.95. The Kier molecular flexibility index (Phi) is 5.76. The van der Waals surface area contributed by atoms with Gasteiger partial charge in [0.15, 0.2) is 0 Å². The third-order valence-corrected chi connectivity index (χ3v) is 3.90. The number of hydrogen-bond donors (Lipinski definition) is 2. The van der Waals surface area contributed by atoms with Gasteiger partial charge in [-0.15, -0.1) is 0 Å². The second-order valence-corrected chi connectivity index (χ2v) is 5.82. The van der Waals surface area contributed by atoms with Gasteiger partial charge in [0.25, 0.3) is 5.91 Å². The monoisotopic (exact) mass is 332 g/mol. The van der Waals surface area contributed by atoms with Crippen molar-refractivity contribution in [2.75, 3.05) is 6.26 Å². The highest BCUT2D eigenvalue weighted by molar-refractivity contribution is 7.97. The van der Waals surface area contributed by atoms with Crippen LogP contribution >= 0.6 is 11.8 Å². The maximum absolute atomic E-state index is 13.7. The fraction of sp³-hybridized carbons (Fsp3) is 0.176. The maximum Gasteiger partial charge on any atom is 0.252 e. The molecule has 0 bridgehead atoms. The van der Waals surface area contributed by atoms with Crippen LogP contribution < -0.4 is 11.1 Å². The van der Waals surface area contributed by atoms with Gasteiger partial charge in [0, 0.05) is 11.3 Å². The van der Waals surface area contributed by atoms with Crippen molar-refractivity contribution in [3.05, 3.63) is 71.0 Å². The summed E-state index contributed by atoms with van der Waals surface area (Å²) in [6.45, 7) is 0. The van der Waals surface area contributed by atoms with Crippen molar-refractivity contribution in [1.29, 1.82) is 0 Å². The molecule has 0 fully saturated rings. The molecular formula is C17H17FN2O2S. The highest BCUT2D eigenvalue weighted by atomic mass is 32.2. The topological polar surface area (TPSA) is 72.2 Å². The highest BCUT2D eigenvalue weighted by Crippen LogP contribution is 2.17. The summed E-state index contributed by atoms with van der Waals surface area (Å²) in [4.78, 5) is 24.0. The zero-order chi connectivity index (χ0) is 16.8. The minimum atomic E-state index is -0.933. The molecule has 0 unspecified atom stereocenters. The van der Waals surface area contributed by atoms with E-state index in [-0.39, 0.29) is 11.4 Å². The molecule has 3 N–H and O–H groups in total. The standard InChI is InChI=1S/C17H17FN2O2S/c1-23-10-13-9-12(7-8-14(13)18)17(22)20-15(16(19)21)11-5-3-2-4-6-11/h2-9,15H,10H2,1H3,(H2,19,21)(H,20,22)/t15-/m1/s1. The van der Waals surface area contributed by atoms with Crippen molar-refractivity contribution >= 4 is 23.6 Å². The van der Waals surface area contributed by atoms with Crippen LogP contribution in [0.2, 0.25) is 0 Å². The third-order valence-electron chi connectivity index (χ3n) is 3.30. The summed E-state index contributed by atoms with van der Waals surface area (Å²) in [6.07, 6.45) is 1.85. The molecular weight excluding hydrogens is 315 g/mol. The van der Waals surface area contributed by atoms with Crippen LogP contribution in [0, 0.1) is 5.82 Å². The number of nitrogens with two attached hydrogens (primary N) is 1. The van der Waals surface area contributed by atoms with E-state index in [1.165, 1.54) is 30.0 Å². The number of thioether (sulfide) groups is 1. The van der Waals surface area contributed by atoms with E-state index < -0.39 is 17.9 Å². The van der Waals surface area contributed by atoms with Crippen LogP contribution in [0.25, 0.3) is 0 Å². The SMILES string of the molecule is CSCc1cc(C(=O)N[C@@H](C(N)=O)c2ccccc2)ccc1F. The lowest BCUT2D eigenvalue weighted by molar-refractivity contribution is -0.120.